The van der Waals surface area contributed by atoms with Crippen LogP contribution in [0.2, 0.25) is 0 Å². The monoisotopic (exact) mass is 293 g/mol. The van der Waals surface area contributed by atoms with Crippen LogP contribution in [0.4, 0.5) is 11.4 Å². The lowest BCUT2D eigenvalue weighted by atomic mass is 9.97. The molecule has 1 aromatic rings. The van der Waals surface area contributed by atoms with Crippen LogP contribution in [0.5, 0.6) is 0 Å². The van der Waals surface area contributed by atoms with Crippen LogP contribution >= 0.6 is 0 Å². The van der Waals surface area contributed by atoms with Crippen molar-refractivity contribution in [1.82, 2.24) is 5.32 Å². The number of aliphatic hydroxyl groups is 1. The highest BCUT2D eigenvalue weighted by Crippen LogP contribution is 2.36. The summed E-state index contributed by atoms with van der Waals surface area (Å²) in [7, 11) is 1.50. The molecule has 0 radical (unpaired) electrons. The van der Waals surface area contributed by atoms with Crippen molar-refractivity contribution in [3.05, 3.63) is 33.9 Å². The van der Waals surface area contributed by atoms with Crippen LogP contribution in [0, 0.1) is 10.1 Å². The molecule has 0 saturated heterocycles. The molecule has 7 heteroatoms. The largest absolute Gasteiger partial charge is 0.394 e. The highest BCUT2D eigenvalue weighted by atomic mass is 16.6. The number of benzene rings is 1. The van der Waals surface area contributed by atoms with Crippen molar-refractivity contribution < 1.29 is 14.8 Å². The Labute approximate surface area is 122 Å². The van der Waals surface area contributed by atoms with Gasteiger partial charge >= 0.3 is 0 Å². The van der Waals surface area contributed by atoms with E-state index in [9.17, 15) is 20.0 Å². The first-order valence-electron chi connectivity index (χ1n) is 6.91. The quantitative estimate of drug-likeness (QED) is 0.566. The topological polar surface area (TPSA) is 104 Å². The molecule has 0 heterocycles. The first-order valence-corrected chi connectivity index (χ1v) is 6.91. The van der Waals surface area contributed by atoms with E-state index in [1.54, 1.807) is 0 Å². The second-order valence-corrected chi connectivity index (χ2v) is 5.34. The van der Waals surface area contributed by atoms with E-state index in [-0.39, 0.29) is 23.9 Å². The van der Waals surface area contributed by atoms with Gasteiger partial charge in [-0.3, -0.25) is 14.9 Å². The molecule has 1 saturated carbocycles. The van der Waals surface area contributed by atoms with E-state index in [0.717, 1.165) is 25.7 Å². The van der Waals surface area contributed by atoms with Gasteiger partial charge in [0.15, 0.2) is 0 Å². The Morgan fingerprint density at radius 1 is 1.43 bits per heavy atom. The van der Waals surface area contributed by atoms with Crippen LogP contribution < -0.4 is 10.6 Å². The zero-order valence-corrected chi connectivity index (χ0v) is 11.9. The summed E-state index contributed by atoms with van der Waals surface area (Å²) in [6.45, 7) is -0.0889. The van der Waals surface area contributed by atoms with Crippen molar-refractivity contribution in [2.45, 2.75) is 31.2 Å². The molecular formula is C14H19N3O4. The third kappa shape index (κ3) is 3.13. The maximum absolute atomic E-state index is 11.7. The van der Waals surface area contributed by atoms with Crippen LogP contribution in [-0.2, 0) is 0 Å². The molecule has 1 amide bonds. The van der Waals surface area contributed by atoms with E-state index in [1.165, 1.54) is 25.2 Å². The predicted molar refractivity (Wildman–Crippen MR) is 78.4 cm³/mol. The van der Waals surface area contributed by atoms with Gasteiger partial charge in [-0.2, -0.15) is 0 Å². The Balaban J connectivity index is 2.38. The van der Waals surface area contributed by atoms with Crippen molar-refractivity contribution in [2.24, 2.45) is 0 Å². The number of rotatable bonds is 5. The van der Waals surface area contributed by atoms with Crippen molar-refractivity contribution >= 4 is 17.3 Å². The Kier molecular flexibility index (Phi) is 4.42. The minimum absolute atomic E-state index is 0.0889. The summed E-state index contributed by atoms with van der Waals surface area (Å²) in [5.41, 5.74) is -0.0115. The van der Waals surface area contributed by atoms with Gasteiger partial charge in [-0.25, -0.2) is 0 Å². The summed E-state index contributed by atoms with van der Waals surface area (Å²) < 4.78 is 0. The van der Waals surface area contributed by atoms with Crippen LogP contribution in [-0.4, -0.2) is 35.1 Å². The van der Waals surface area contributed by atoms with Gasteiger partial charge in [0, 0.05) is 18.7 Å². The lowest BCUT2D eigenvalue weighted by Gasteiger charge is -2.29. The predicted octanol–water partition coefficient (Wildman–Crippen LogP) is 1.67. The SMILES string of the molecule is CNC(=O)c1ccc([N+](=O)[O-])c(NC2(CO)CCCC2)c1. The molecule has 7 nitrogen and oxygen atoms in total. The number of aliphatic hydroxyl groups excluding tert-OH is 1. The third-order valence-electron chi connectivity index (χ3n) is 3.95. The molecule has 0 aliphatic heterocycles. The van der Waals surface area contributed by atoms with E-state index in [2.05, 4.69) is 10.6 Å². The molecule has 0 spiro atoms. The number of nitro groups is 1. The number of hydrogen-bond donors (Lipinski definition) is 3. The van der Waals surface area contributed by atoms with Gasteiger partial charge in [-0.15, -0.1) is 0 Å². The molecule has 2 rings (SSSR count). The lowest BCUT2D eigenvalue weighted by Crippen LogP contribution is -2.39. The van der Waals surface area contributed by atoms with Crippen LogP contribution in [0.15, 0.2) is 18.2 Å². The summed E-state index contributed by atoms with van der Waals surface area (Å²) in [6.07, 6.45) is 3.45. The molecule has 1 aliphatic rings. The Morgan fingerprint density at radius 3 is 2.62 bits per heavy atom. The first kappa shape index (κ1) is 15.2. The zero-order valence-electron chi connectivity index (χ0n) is 11.9. The smallest absolute Gasteiger partial charge is 0.292 e. The second-order valence-electron chi connectivity index (χ2n) is 5.34. The minimum Gasteiger partial charge on any atom is -0.394 e. The summed E-state index contributed by atoms with van der Waals surface area (Å²) in [5.74, 6) is -0.308. The van der Waals surface area contributed by atoms with Gasteiger partial charge in [0.2, 0.25) is 0 Å². The molecule has 114 valence electrons. The molecule has 1 aromatic carbocycles. The molecule has 3 N–H and O–H groups in total. The van der Waals surface area contributed by atoms with Gasteiger partial charge in [0.25, 0.3) is 11.6 Å². The van der Waals surface area contributed by atoms with Gasteiger partial charge in [-0.05, 0) is 25.0 Å². The average molecular weight is 293 g/mol. The average Bonchev–Trinajstić information content (AvgIpc) is 2.95. The number of nitrogens with one attached hydrogen (secondary N) is 2. The van der Waals surface area contributed by atoms with Gasteiger partial charge < -0.3 is 15.7 Å². The highest BCUT2D eigenvalue weighted by Gasteiger charge is 2.34. The molecule has 0 bridgehead atoms. The summed E-state index contributed by atoms with van der Waals surface area (Å²) >= 11 is 0. The molecular weight excluding hydrogens is 274 g/mol. The van der Waals surface area contributed by atoms with E-state index < -0.39 is 10.5 Å². The maximum atomic E-state index is 11.7. The highest BCUT2D eigenvalue weighted by molar-refractivity contribution is 5.95. The second kappa shape index (κ2) is 6.09. The van der Waals surface area contributed by atoms with Gasteiger partial charge in [0.05, 0.1) is 17.1 Å². The first-order chi connectivity index (χ1) is 10.0. The zero-order chi connectivity index (χ0) is 15.5. The normalized spacial score (nSPS) is 16.5. The Hall–Kier alpha value is -2.15. The Morgan fingerprint density at radius 2 is 2.10 bits per heavy atom. The number of hydrogen-bond acceptors (Lipinski definition) is 5. The molecule has 0 aromatic heterocycles. The Bertz CT molecular complexity index is 553. The maximum Gasteiger partial charge on any atom is 0.292 e. The van der Waals surface area contributed by atoms with Crippen LogP contribution in [0.1, 0.15) is 36.0 Å². The van der Waals surface area contributed by atoms with E-state index >= 15 is 0 Å². The fraction of sp³-hybridized carbons (Fsp3) is 0.500. The number of anilines is 1. The third-order valence-corrected chi connectivity index (χ3v) is 3.95. The van der Waals surface area contributed by atoms with Crippen LogP contribution in [0.3, 0.4) is 0 Å². The number of carbonyl (C=O) groups excluding carboxylic acids is 1. The fourth-order valence-electron chi connectivity index (χ4n) is 2.74. The molecule has 1 fully saturated rings. The number of nitrogens with zero attached hydrogens (tertiary/aromatic N) is 1. The lowest BCUT2D eigenvalue weighted by molar-refractivity contribution is -0.384. The van der Waals surface area contributed by atoms with Crippen molar-refractivity contribution in [1.29, 1.82) is 0 Å². The van der Waals surface area contributed by atoms with Crippen molar-refractivity contribution in [2.75, 3.05) is 19.0 Å². The number of amides is 1. The van der Waals surface area contributed by atoms with E-state index in [4.69, 9.17) is 0 Å². The van der Waals surface area contributed by atoms with Gasteiger partial charge in [0.1, 0.15) is 5.69 Å². The molecule has 21 heavy (non-hydrogen) atoms. The molecule has 0 atom stereocenters. The van der Waals surface area contributed by atoms with Gasteiger partial charge in [-0.1, -0.05) is 12.8 Å². The van der Waals surface area contributed by atoms with Crippen molar-refractivity contribution in [3.63, 3.8) is 0 Å². The molecule has 0 unspecified atom stereocenters. The minimum atomic E-state index is -0.536. The summed E-state index contributed by atoms with van der Waals surface area (Å²) in [6, 6.07) is 4.20. The standard InChI is InChI=1S/C14H19N3O4/c1-15-13(19)10-4-5-12(17(20)21)11(8-10)16-14(9-18)6-2-3-7-14/h4-5,8,16,18H,2-3,6-7,9H2,1H3,(H,15,19). The fourth-order valence-corrected chi connectivity index (χ4v) is 2.74. The van der Waals surface area contributed by atoms with Crippen LogP contribution in [0.25, 0.3) is 0 Å². The van der Waals surface area contributed by atoms with Crippen molar-refractivity contribution in [3.8, 4) is 0 Å². The summed E-state index contributed by atoms with van der Waals surface area (Å²) in [5, 5.41) is 26.4. The van der Waals surface area contributed by atoms with E-state index in [0.29, 0.717) is 5.56 Å². The number of carbonyl (C=O) groups is 1. The molecule has 1 aliphatic carbocycles. The van der Waals surface area contributed by atoms with E-state index in [1.807, 2.05) is 0 Å². The number of nitro benzene ring substituents is 1. The summed E-state index contributed by atoms with van der Waals surface area (Å²) in [4.78, 5) is 22.3.